The summed E-state index contributed by atoms with van der Waals surface area (Å²) in [4.78, 5) is 19.8. The number of aromatic nitrogens is 2. The molecule has 1 heterocycles. The first-order valence-electron chi connectivity index (χ1n) is 10.0. The smallest absolute Gasteiger partial charge is 0.273 e. The molecule has 0 radical (unpaired) electrons. The molecule has 3 aromatic carbocycles. The number of aryl methyl sites for hydroxylation is 1. The number of benzene rings is 3. The van der Waals surface area contributed by atoms with Gasteiger partial charge in [0.2, 0.25) is 0 Å². The van der Waals surface area contributed by atoms with Crippen LogP contribution in [0.2, 0.25) is 0 Å². The Bertz CT molecular complexity index is 1400. The molecule has 4 aromatic rings. The third-order valence-corrected chi connectivity index (χ3v) is 6.25. The van der Waals surface area contributed by atoms with Crippen molar-refractivity contribution in [3.8, 4) is 17.1 Å². The van der Waals surface area contributed by atoms with Gasteiger partial charge in [-0.3, -0.25) is 9.52 Å². The highest BCUT2D eigenvalue weighted by Crippen LogP contribution is 2.29. The zero-order valence-corrected chi connectivity index (χ0v) is 18.8. The molecule has 3 N–H and O–H groups in total. The highest BCUT2D eigenvalue weighted by atomic mass is 32.2. The van der Waals surface area contributed by atoms with Gasteiger partial charge in [0.15, 0.2) is 0 Å². The zero-order chi connectivity index (χ0) is 23.4. The lowest BCUT2D eigenvalue weighted by molar-refractivity contribution is 0.102. The van der Waals surface area contributed by atoms with E-state index in [4.69, 9.17) is 4.74 Å². The second kappa shape index (κ2) is 9.17. The monoisotopic (exact) mass is 462 g/mol. The van der Waals surface area contributed by atoms with E-state index in [1.807, 2.05) is 43.3 Å². The number of carbonyl (C=O) groups is 1. The van der Waals surface area contributed by atoms with Crippen LogP contribution in [0.3, 0.4) is 0 Å². The number of ether oxygens (including phenoxy) is 1. The van der Waals surface area contributed by atoms with Crippen LogP contribution in [-0.4, -0.2) is 31.4 Å². The van der Waals surface area contributed by atoms with E-state index in [1.54, 1.807) is 24.3 Å². The minimum absolute atomic E-state index is 0.0982. The first kappa shape index (κ1) is 22.1. The van der Waals surface area contributed by atoms with Crippen molar-refractivity contribution in [2.24, 2.45) is 0 Å². The van der Waals surface area contributed by atoms with Crippen molar-refractivity contribution in [1.82, 2.24) is 9.97 Å². The first-order chi connectivity index (χ1) is 15.9. The molecule has 8 nitrogen and oxygen atoms in total. The number of aromatic amines is 1. The van der Waals surface area contributed by atoms with E-state index in [-0.39, 0.29) is 16.3 Å². The van der Waals surface area contributed by atoms with Crippen LogP contribution in [0.5, 0.6) is 5.75 Å². The van der Waals surface area contributed by atoms with Crippen molar-refractivity contribution in [3.05, 3.63) is 90.3 Å². The van der Waals surface area contributed by atoms with Gasteiger partial charge in [-0.25, -0.2) is 13.4 Å². The molecule has 0 saturated heterocycles. The highest BCUT2D eigenvalue weighted by molar-refractivity contribution is 7.92. The van der Waals surface area contributed by atoms with E-state index in [9.17, 15) is 13.2 Å². The van der Waals surface area contributed by atoms with Crippen LogP contribution < -0.4 is 14.8 Å². The van der Waals surface area contributed by atoms with Crippen molar-refractivity contribution in [1.29, 1.82) is 0 Å². The number of nitrogens with one attached hydrogen (secondary N) is 3. The number of amides is 1. The lowest BCUT2D eigenvalue weighted by Gasteiger charge is -2.14. The Kier molecular flexibility index (Phi) is 6.14. The van der Waals surface area contributed by atoms with E-state index < -0.39 is 15.9 Å². The van der Waals surface area contributed by atoms with Gasteiger partial charge in [-0.05, 0) is 42.8 Å². The van der Waals surface area contributed by atoms with Crippen LogP contribution in [0.1, 0.15) is 16.1 Å². The van der Waals surface area contributed by atoms with Gasteiger partial charge < -0.3 is 15.0 Å². The summed E-state index contributed by atoms with van der Waals surface area (Å²) in [6.07, 6.45) is 1.43. The quantitative estimate of drug-likeness (QED) is 0.376. The van der Waals surface area contributed by atoms with Gasteiger partial charge in [0.05, 0.1) is 13.3 Å². The summed E-state index contributed by atoms with van der Waals surface area (Å²) in [5.74, 6) is 0.256. The van der Waals surface area contributed by atoms with Gasteiger partial charge in [-0.1, -0.05) is 42.5 Å². The Hall–Kier alpha value is -4.11. The SMILES string of the molecule is COc1ccc(NC(=O)c2cnc(-c3ccccc3)[nH]2)cc1S(=O)(=O)Nc1cccc(C)c1. The molecule has 1 aromatic heterocycles. The van der Waals surface area contributed by atoms with Crippen molar-refractivity contribution in [2.45, 2.75) is 11.8 Å². The van der Waals surface area contributed by atoms with Crippen LogP contribution >= 0.6 is 0 Å². The summed E-state index contributed by atoms with van der Waals surface area (Å²) in [5.41, 5.74) is 2.72. The molecule has 0 aliphatic rings. The number of nitrogens with zero attached hydrogens (tertiary/aromatic N) is 1. The lowest BCUT2D eigenvalue weighted by Crippen LogP contribution is -2.16. The van der Waals surface area contributed by atoms with E-state index in [0.29, 0.717) is 17.2 Å². The number of hydrogen-bond donors (Lipinski definition) is 3. The number of imidazole rings is 1. The Labute approximate surface area is 191 Å². The molecule has 0 aliphatic heterocycles. The molecule has 0 spiro atoms. The first-order valence-corrected chi connectivity index (χ1v) is 11.5. The maximum absolute atomic E-state index is 13.0. The van der Waals surface area contributed by atoms with Gasteiger partial charge in [0.25, 0.3) is 15.9 Å². The fourth-order valence-corrected chi connectivity index (χ4v) is 4.51. The van der Waals surface area contributed by atoms with E-state index >= 15 is 0 Å². The van der Waals surface area contributed by atoms with Gasteiger partial charge in [0, 0.05) is 16.9 Å². The standard InChI is InChI=1S/C24H22N4O4S/c1-16-7-6-10-19(13-16)28-33(30,31)22-14-18(11-12-21(22)32-2)26-24(29)20-15-25-23(27-20)17-8-4-3-5-9-17/h3-15,28H,1-2H3,(H,25,27)(H,26,29). The summed E-state index contributed by atoms with van der Waals surface area (Å²) >= 11 is 0. The zero-order valence-electron chi connectivity index (χ0n) is 18.0. The van der Waals surface area contributed by atoms with Crippen molar-refractivity contribution in [2.75, 3.05) is 17.1 Å². The molecule has 0 fully saturated rings. The number of sulfonamides is 1. The second-order valence-corrected chi connectivity index (χ2v) is 8.96. The topological polar surface area (TPSA) is 113 Å². The normalized spacial score (nSPS) is 11.1. The molecule has 9 heteroatoms. The average molecular weight is 463 g/mol. The summed E-state index contributed by atoms with van der Waals surface area (Å²) in [6.45, 7) is 1.87. The summed E-state index contributed by atoms with van der Waals surface area (Å²) in [7, 11) is -2.59. The molecule has 0 bridgehead atoms. The second-order valence-electron chi connectivity index (χ2n) is 7.31. The number of carbonyl (C=O) groups excluding carboxylic acids is 1. The minimum atomic E-state index is -3.97. The van der Waals surface area contributed by atoms with Crippen LogP contribution in [0.25, 0.3) is 11.4 Å². The number of rotatable bonds is 7. The number of H-pyrrole nitrogens is 1. The Morgan fingerprint density at radius 3 is 2.48 bits per heavy atom. The van der Waals surface area contributed by atoms with Crippen LogP contribution in [0, 0.1) is 6.92 Å². The lowest BCUT2D eigenvalue weighted by atomic mass is 10.2. The van der Waals surface area contributed by atoms with E-state index in [2.05, 4.69) is 20.0 Å². The number of anilines is 2. The molecule has 0 saturated carbocycles. The summed E-state index contributed by atoms with van der Waals surface area (Å²) in [6, 6.07) is 20.8. The molecular formula is C24H22N4O4S. The van der Waals surface area contributed by atoms with E-state index in [1.165, 1.54) is 25.4 Å². The minimum Gasteiger partial charge on any atom is -0.495 e. The molecule has 33 heavy (non-hydrogen) atoms. The van der Waals surface area contributed by atoms with Crippen LogP contribution in [0.4, 0.5) is 11.4 Å². The van der Waals surface area contributed by atoms with Gasteiger partial charge >= 0.3 is 0 Å². The molecule has 4 rings (SSSR count). The summed E-state index contributed by atoms with van der Waals surface area (Å²) in [5, 5.41) is 2.70. The van der Waals surface area contributed by atoms with Crippen LogP contribution in [0.15, 0.2) is 83.9 Å². The molecule has 0 atom stereocenters. The van der Waals surface area contributed by atoms with E-state index in [0.717, 1.165) is 11.1 Å². The molecule has 1 amide bonds. The van der Waals surface area contributed by atoms with Gasteiger partial charge in [-0.2, -0.15) is 0 Å². The van der Waals surface area contributed by atoms with Crippen molar-refractivity contribution >= 4 is 27.3 Å². The Balaban J connectivity index is 1.58. The molecule has 0 unspecified atom stereocenters. The maximum atomic E-state index is 13.0. The molecule has 0 aliphatic carbocycles. The number of methoxy groups -OCH3 is 1. The largest absolute Gasteiger partial charge is 0.495 e. The Morgan fingerprint density at radius 1 is 0.970 bits per heavy atom. The third-order valence-electron chi connectivity index (χ3n) is 4.85. The van der Waals surface area contributed by atoms with Crippen LogP contribution in [-0.2, 0) is 10.0 Å². The predicted octanol–water partition coefficient (Wildman–Crippen LogP) is 4.45. The molecule has 168 valence electrons. The van der Waals surface area contributed by atoms with Crippen molar-refractivity contribution < 1.29 is 17.9 Å². The third kappa shape index (κ3) is 5.04. The predicted molar refractivity (Wildman–Crippen MR) is 127 cm³/mol. The van der Waals surface area contributed by atoms with Gasteiger partial charge in [-0.15, -0.1) is 0 Å². The van der Waals surface area contributed by atoms with Gasteiger partial charge in [0.1, 0.15) is 22.2 Å². The fourth-order valence-electron chi connectivity index (χ4n) is 3.26. The maximum Gasteiger partial charge on any atom is 0.273 e. The number of hydrogen-bond acceptors (Lipinski definition) is 5. The molecular weight excluding hydrogens is 440 g/mol. The summed E-state index contributed by atoms with van der Waals surface area (Å²) < 4.78 is 33.9. The average Bonchev–Trinajstić information content (AvgIpc) is 3.30. The Morgan fingerprint density at radius 2 is 1.76 bits per heavy atom. The van der Waals surface area contributed by atoms with Crippen molar-refractivity contribution in [3.63, 3.8) is 0 Å². The fraction of sp³-hybridized carbons (Fsp3) is 0.0833. The highest BCUT2D eigenvalue weighted by Gasteiger charge is 2.21.